The quantitative estimate of drug-likeness (QED) is 0.709. The molecule has 0 aromatic heterocycles. The second kappa shape index (κ2) is 5.58. The van der Waals surface area contributed by atoms with Gasteiger partial charge in [-0.3, -0.25) is 0 Å². The molecule has 0 aliphatic carbocycles. The summed E-state index contributed by atoms with van der Waals surface area (Å²) in [5.74, 6) is 0. The standard InChI is InChI=1S/C10H22N2O/c1-9(11)4-6-12-5-3-7-13-10(2)8-12/h9-10H,3-8,11H2,1-2H3. The third-order valence-electron chi connectivity index (χ3n) is 2.44. The van der Waals surface area contributed by atoms with E-state index in [0.29, 0.717) is 12.1 Å². The largest absolute Gasteiger partial charge is 0.377 e. The smallest absolute Gasteiger partial charge is 0.0673 e. The van der Waals surface area contributed by atoms with E-state index in [-0.39, 0.29) is 0 Å². The fourth-order valence-corrected chi connectivity index (χ4v) is 1.67. The van der Waals surface area contributed by atoms with Gasteiger partial charge < -0.3 is 15.4 Å². The van der Waals surface area contributed by atoms with Crippen molar-refractivity contribution in [3.05, 3.63) is 0 Å². The third kappa shape index (κ3) is 4.60. The Morgan fingerprint density at radius 3 is 3.08 bits per heavy atom. The second-order valence-electron chi connectivity index (χ2n) is 4.10. The van der Waals surface area contributed by atoms with Gasteiger partial charge in [0.15, 0.2) is 0 Å². The molecule has 0 amide bonds. The summed E-state index contributed by atoms with van der Waals surface area (Å²) in [4.78, 5) is 2.46. The maximum Gasteiger partial charge on any atom is 0.0673 e. The molecular weight excluding hydrogens is 164 g/mol. The number of hydrogen-bond donors (Lipinski definition) is 1. The molecule has 1 saturated heterocycles. The maximum atomic E-state index is 5.73. The number of nitrogens with two attached hydrogens (primary N) is 1. The Kier molecular flexibility index (Phi) is 4.70. The lowest BCUT2D eigenvalue weighted by Gasteiger charge is -2.22. The van der Waals surface area contributed by atoms with Crippen LogP contribution in [0.3, 0.4) is 0 Å². The fourth-order valence-electron chi connectivity index (χ4n) is 1.67. The van der Waals surface area contributed by atoms with E-state index in [1.807, 2.05) is 0 Å². The molecule has 1 rings (SSSR count). The van der Waals surface area contributed by atoms with Crippen molar-refractivity contribution in [2.45, 2.75) is 38.8 Å². The van der Waals surface area contributed by atoms with Gasteiger partial charge in [0.2, 0.25) is 0 Å². The number of rotatable bonds is 3. The van der Waals surface area contributed by atoms with Crippen LogP contribution >= 0.6 is 0 Å². The Bertz CT molecular complexity index is 139. The Labute approximate surface area is 81.2 Å². The minimum atomic E-state index is 0.319. The molecule has 0 radical (unpaired) electrons. The molecule has 13 heavy (non-hydrogen) atoms. The average Bonchev–Trinajstić information content (AvgIpc) is 2.26. The van der Waals surface area contributed by atoms with Gasteiger partial charge in [-0.1, -0.05) is 0 Å². The zero-order chi connectivity index (χ0) is 9.68. The third-order valence-corrected chi connectivity index (χ3v) is 2.44. The first kappa shape index (κ1) is 11.0. The van der Waals surface area contributed by atoms with Crippen LogP contribution in [-0.2, 0) is 4.74 Å². The highest BCUT2D eigenvalue weighted by Gasteiger charge is 2.14. The van der Waals surface area contributed by atoms with Gasteiger partial charge in [-0.2, -0.15) is 0 Å². The Morgan fingerprint density at radius 1 is 1.62 bits per heavy atom. The van der Waals surface area contributed by atoms with E-state index in [1.165, 1.54) is 0 Å². The zero-order valence-corrected chi connectivity index (χ0v) is 8.83. The van der Waals surface area contributed by atoms with Crippen LogP contribution < -0.4 is 5.73 Å². The minimum Gasteiger partial charge on any atom is -0.377 e. The van der Waals surface area contributed by atoms with Crippen molar-refractivity contribution in [3.8, 4) is 0 Å². The SMILES string of the molecule is CC(N)CCN1CCCOC(C)C1. The molecule has 3 nitrogen and oxygen atoms in total. The molecule has 3 heteroatoms. The van der Waals surface area contributed by atoms with Crippen LogP contribution in [0.5, 0.6) is 0 Å². The molecule has 1 aliphatic rings. The number of ether oxygens (including phenoxy) is 1. The van der Waals surface area contributed by atoms with Gasteiger partial charge >= 0.3 is 0 Å². The van der Waals surface area contributed by atoms with E-state index in [2.05, 4.69) is 18.7 Å². The number of hydrogen-bond acceptors (Lipinski definition) is 3. The molecule has 1 heterocycles. The molecule has 2 N–H and O–H groups in total. The van der Waals surface area contributed by atoms with Crippen LogP contribution in [0.1, 0.15) is 26.7 Å². The van der Waals surface area contributed by atoms with E-state index < -0.39 is 0 Å². The summed E-state index contributed by atoms with van der Waals surface area (Å²) in [7, 11) is 0. The molecule has 0 aromatic carbocycles. The summed E-state index contributed by atoms with van der Waals surface area (Å²) in [6.45, 7) is 8.47. The molecule has 0 bridgehead atoms. The summed E-state index contributed by atoms with van der Waals surface area (Å²) in [6, 6.07) is 0.319. The van der Waals surface area contributed by atoms with Crippen LogP contribution in [0.25, 0.3) is 0 Å². The Morgan fingerprint density at radius 2 is 2.38 bits per heavy atom. The summed E-state index contributed by atoms with van der Waals surface area (Å²) in [5, 5.41) is 0. The normalized spacial score (nSPS) is 28.4. The van der Waals surface area contributed by atoms with Crippen molar-refractivity contribution in [2.75, 3.05) is 26.2 Å². The second-order valence-corrected chi connectivity index (χ2v) is 4.10. The molecule has 2 unspecified atom stereocenters. The summed E-state index contributed by atoms with van der Waals surface area (Å²) in [5.41, 5.74) is 5.73. The van der Waals surface area contributed by atoms with E-state index in [0.717, 1.165) is 39.1 Å². The topological polar surface area (TPSA) is 38.5 Å². The van der Waals surface area contributed by atoms with Crippen molar-refractivity contribution in [3.63, 3.8) is 0 Å². The molecule has 2 atom stereocenters. The lowest BCUT2D eigenvalue weighted by Crippen LogP contribution is -2.33. The lowest BCUT2D eigenvalue weighted by atomic mass is 10.2. The van der Waals surface area contributed by atoms with E-state index in [4.69, 9.17) is 10.5 Å². The lowest BCUT2D eigenvalue weighted by molar-refractivity contribution is 0.0674. The van der Waals surface area contributed by atoms with Gasteiger partial charge in [0.1, 0.15) is 0 Å². The number of nitrogens with zero attached hydrogens (tertiary/aromatic N) is 1. The van der Waals surface area contributed by atoms with E-state index in [9.17, 15) is 0 Å². The molecular formula is C10H22N2O. The highest BCUT2D eigenvalue weighted by atomic mass is 16.5. The van der Waals surface area contributed by atoms with Gasteiger partial charge in [-0.15, -0.1) is 0 Å². The van der Waals surface area contributed by atoms with Crippen LogP contribution in [0.4, 0.5) is 0 Å². The van der Waals surface area contributed by atoms with Crippen LogP contribution in [-0.4, -0.2) is 43.3 Å². The molecule has 1 fully saturated rings. The Balaban J connectivity index is 2.22. The maximum absolute atomic E-state index is 5.73. The van der Waals surface area contributed by atoms with Gasteiger partial charge in [0, 0.05) is 25.7 Å². The van der Waals surface area contributed by atoms with Crippen LogP contribution in [0.15, 0.2) is 0 Å². The first-order valence-electron chi connectivity index (χ1n) is 5.28. The van der Waals surface area contributed by atoms with Gasteiger partial charge in [-0.25, -0.2) is 0 Å². The summed E-state index contributed by atoms with van der Waals surface area (Å²) in [6.07, 6.45) is 2.63. The first-order chi connectivity index (χ1) is 6.18. The van der Waals surface area contributed by atoms with Crippen LogP contribution in [0, 0.1) is 0 Å². The molecule has 0 aromatic rings. The highest BCUT2D eigenvalue weighted by Crippen LogP contribution is 2.06. The zero-order valence-electron chi connectivity index (χ0n) is 8.83. The summed E-state index contributed by atoms with van der Waals surface area (Å²) < 4.78 is 5.57. The molecule has 78 valence electrons. The van der Waals surface area contributed by atoms with Crippen LogP contribution in [0.2, 0.25) is 0 Å². The van der Waals surface area contributed by atoms with E-state index in [1.54, 1.807) is 0 Å². The van der Waals surface area contributed by atoms with Gasteiger partial charge in [0.05, 0.1) is 6.10 Å². The molecule has 0 saturated carbocycles. The van der Waals surface area contributed by atoms with Crippen molar-refractivity contribution in [2.24, 2.45) is 5.73 Å². The monoisotopic (exact) mass is 186 g/mol. The van der Waals surface area contributed by atoms with Gasteiger partial charge in [0.25, 0.3) is 0 Å². The fraction of sp³-hybridized carbons (Fsp3) is 1.00. The summed E-state index contributed by atoms with van der Waals surface area (Å²) >= 11 is 0. The van der Waals surface area contributed by atoms with E-state index >= 15 is 0 Å². The molecule has 1 aliphatic heterocycles. The average molecular weight is 186 g/mol. The predicted molar refractivity (Wildman–Crippen MR) is 54.7 cm³/mol. The van der Waals surface area contributed by atoms with Crippen molar-refractivity contribution >= 4 is 0 Å². The molecule has 0 spiro atoms. The van der Waals surface area contributed by atoms with Gasteiger partial charge in [-0.05, 0) is 33.2 Å². The minimum absolute atomic E-state index is 0.319. The highest BCUT2D eigenvalue weighted by molar-refractivity contribution is 4.68. The van der Waals surface area contributed by atoms with Crippen molar-refractivity contribution in [1.82, 2.24) is 4.90 Å². The van der Waals surface area contributed by atoms with Crippen molar-refractivity contribution in [1.29, 1.82) is 0 Å². The Hall–Kier alpha value is -0.120. The first-order valence-corrected chi connectivity index (χ1v) is 5.28. The van der Waals surface area contributed by atoms with Crippen molar-refractivity contribution < 1.29 is 4.74 Å². The predicted octanol–water partition coefficient (Wildman–Crippen LogP) is 0.835.